The molecule has 0 unspecified atom stereocenters. The maximum Gasteiger partial charge on any atom is 0.0623 e. The summed E-state index contributed by atoms with van der Waals surface area (Å²) >= 11 is 0. The Labute approximate surface area is 384 Å². The monoisotopic (exact) mass is 832 g/mol. The Hall–Kier alpha value is -6.76. The lowest BCUT2D eigenvalue weighted by atomic mass is 9.43. The highest BCUT2D eigenvalue weighted by Crippen LogP contribution is 2.69. The standard InChI is InChI=1S/C65H50/c1-64(2)59-35-43(44-22-25-53-50-13-9-10-18-58(50)65(61(53)36-44)48-28-38-27-39(30-48)31-49(65)29-38)21-24-51(59)52-26-23-46(37-60(52)64)63-56-16-7-5-14-54(56)62(55-15-6-8-17-57(55)63)45-20-19-42-32-40-11-3-4-12-41(40)33-47(42)34-45/h3-26,32-39,48-49H,27-31H2,1-2H3/i9D,10D. The van der Waals surface area contributed by atoms with Gasteiger partial charge < -0.3 is 0 Å². The molecule has 0 saturated heterocycles. The number of rotatable bonds is 3. The van der Waals surface area contributed by atoms with Crippen LogP contribution in [0.5, 0.6) is 0 Å². The highest BCUT2D eigenvalue weighted by molar-refractivity contribution is 6.22. The van der Waals surface area contributed by atoms with Crippen LogP contribution in [0.25, 0.3) is 98.7 Å². The highest BCUT2D eigenvalue weighted by Gasteiger charge is 2.61. The van der Waals surface area contributed by atoms with E-state index in [1.807, 2.05) is 6.07 Å². The van der Waals surface area contributed by atoms with E-state index in [9.17, 15) is 0 Å². The summed E-state index contributed by atoms with van der Waals surface area (Å²) in [5.74, 6) is 2.93. The Balaban J connectivity index is 0.845. The first-order chi connectivity index (χ1) is 32.7. The van der Waals surface area contributed by atoms with Crippen molar-refractivity contribution in [3.8, 4) is 55.6 Å². The summed E-state index contributed by atoms with van der Waals surface area (Å²) in [5.41, 5.74) is 18.2. The molecule has 0 heterocycles. The van der Waals surface area contributed by atoms with Crippen molar-refractivity contribution in [2.75, 3.05) is 0 Å². The van der Waals surface area contributed by atoms with E-state index in [-0.39, 0.29) is 10.8 Å². The average Bonchev–Trinajstić information content (AvgIpc) is 3.74. The van der Waals surface area contributed by atoms with E-state index < -0.39 is 0 Å². The zero-order chi connectivity index (χ0) is 44.5. The maximum atomic E-state index is 8.82. The van der Waals surface area contributed by atoms with Gasteiger partial charge in [-0.3, -0.25) is 0 Å². The molecule has 16 rings (SSSR count). The Morgan fingerprint density at radius 2 is 0.800 bits per heavy atom. The van der Waals surface area contributed by atoms with Crippen molar-refractivity contribution in [3.05, 3.63) is 204 Å². The van der Waals surface area contributed by atoms with Crippen molar-refractivity contribution >= 4 is 43.1 Å². The first kappa shape index (κ1) is 34.6. The summed E-state index contributed by atoms with van der Waals surface area (Å²) in [7, 11) is 0. The molecule has 0 atom stereocenters. The molecule has 0 heteroatoms. The van der Waals surface area contributed by atoms with E-state index >= 15 is 0 Å². The van der Waals surface area contributed by atoms with Gasteiger partial charge in [-0.25, -0.2) is 0 Å². The predicted octanol–water partition coefficient (Wildman–Crippen LogP) is 17.3. The number of hydrogen-bond acceptors (Lipinski definition) is 0. The van der Waals surface area contributed by atoms with Crippen molar-refractivity contribution in [1.82, 2.24) is 0 Å². The zero-order valence-corrected chi connectivity index (χ0v) is 37.0. The Morgan fingerprint density at radius 1 is 0.369 bits per heavy atom. The van der Waals surface area contributed by atoms with Crippen LogP contribution in [0.4, 0.5) is 0 Å². The molecule has 6 aliphatic carbocycles. The quantitative estimate of drug-likeness (QED) is 0.156. The third-order valence-electron chi connectivity index (χ3n) is 17.7. The Morgan fingerprint density at radius 3 is 1.40 bits per heavy atom. The average molecular weight is 833 g/mol. The normalized spacial score (nSPS) is 23.2. The Bertz CT molecular complexity index is 3740. The molecular weight excluding hydrogens is 781 g/mol. The second-order valence-electron chi connectivity index (χ2n) is 21.1. The second kappa shape index (κ2) is 12.9. The van der Waals surface area contributed by atoms with Gasteiger partial charge in [0.2, 0.25) is 0 Å². The third-order valence-corrected chi connectivity index (χ3v) is 17.7. The first-order valence-corrected chi connectivity index (χ1v) is 24.2. The summed E-state index contributed by atoms with van der Waals surface area (Å²) in [6.07, 6.45) is 6.63. The molecule has 4 bridgehead atoms. The van der Waals surface area contributed by atoms with Gasteiger partial charge in [-0.05, 0) is 213 Å². The van der Waals surface area contributed by atoms with Crippen LogP contribution in [0, 0.1) is 23.7 Å². The van der Waals surface area contributed by atoms with Crippen LogP contribution in [-0.2, 0) is 10.8 Å². The Kier molecular flexibility index (Phi) is 6.90. The van der Waals surface area contributed by atoms with Crippen LogP contribution in [0.2, 0.25) is 0 Å². The van der Waals surface area contributed by atoms with E-state index in [0.717, 1.165) is 11.8 Å². The number of hydrogen-bond donors (Lipinski definition) is 0. The van der Waals surface area contributed by atoms with Gasteiger partial charge in [0.05, 0.1) is 2.74 Å². The van der Waals surface area contributed by atoms with Crippen LogP contribution < -0.4 is 0 Å². The molecule has 4 fully saturated rings. The fraction of sp³-hybridized carbons (Fsp3) is 0.200. The molecule has 0 amide bonds. The molecule has 10 aromatic carbocycles. The van der Waals surface area contributed by atoms with E-state index in [4.69, 9.17) is 2.74 Å². The van der Waals surface area contributed by atoms with E-state index in [2.05, 4.69) is 178 Å². The van der Waals surface area contributed by atoms with E-state index in [1.165, 1.54) is 153 Å². The van der Waals surface area contributed by atoms with Crippen LogP contribution >= 0.6 is 0 Å². The van der Waals surface area contributed by atoms with Crippen molar-refractivity contribution in [3.63, 3.8) is 0 Å². The fourth-order valence-electron chi connectivity index (χ4n) is 15.1. The van der Waals surface area contributed by atoms with Gasteiger partial charge in [-0.2, -0.15) is 0 Å². The third kappa shape index (κ3) is 4.88. The lowest BCUT2D eigenvalue weighted by Gasteiger charge is -2.61. The van der Waals surface area contributed by atoms with Crippen LogP contribution in [0.1, 0.15) is 70.9 Å². The lowest BCUT2D eigenvalue weighted by molar-refractivity contribution is -0.0399. The number of benzene rings is 10. The summed E-state index contributed by atoms with van der Waals surface area (Å²) in [4.78, 5) is 0. The minimum Gasteiger partial charge on any atom is -0.0619 e. The van der Waals surface area contributed by atoms with E-state index in [1.54, 1.807) is 0 Å². The zero-order valence-electron chi connectivity index (χ0n) is 39.0. The molecule has 0 N–H and O–H groups in total. The van der Waals surface area contributed by atoms with Crippen LogP contribution in [0.3, 0.4) is 0 Å². The lowest BCUT2D eigenvalue weighted by Crippen LogP contribution is -2.55. The maximum absolute atomic E-state index is 8.82. The van der Waals surface area contributed by atoms with Gasteiger partial charge in [0, 0.05) is 10.8 Å². The summed E-state index contributed by atoms with van der Waals surface area (Å²) in [6, 6.07) is 65.1. The predicted molar refractivity (Wildman–Crippen MR) is 274 cm³/mol. The SMILES string of the molecule is [2H]c1cc2c(cc1[2H])C1(c3cc(-c4ccc5c(c4)C(C)(C)c4cc(-c6c7ccccc7c(-c7ccc8cc9ccccc9cc8c7)c7ccccc67)ccc4-5)ccc3-2)C2CC3CC(C2)CC1C3. The van der Waals surface area contributed by atoms with Crippen LogP contribution in [0.15, 0.2) is 182 Å². The second-order valence-corrected chi connectivity index (χ2v) is 21.1. The molecule has 10 aromatic rings. The minimum absolute atomic E-state index is 0.0441. The van der Waals surface area contributed by atoms with Crippen molar-refractivity contribution in [1.29, 1.82) is 0 Å². The van der Waals surface area contributed by atoms with Gasteiger partial charge >= 0.3 is 0 Å². The van der Waals surface area contributed by atoms with Gasteiger partial charge in [0.25, 0.3) is 0 Å². The fourth-order valence-corrected chi connectivity index (χ4v) is 15.1. The molecule has 0 nitrogen and oxygen atoms in total. The molecule has 0 aromatic heterocycles. The van der Waals surface area contributed by atoms with Crippen molar-refractivity contribution in [2.45, 2.75) is 56.8 Å². The van der Waals surface area contributed by atoms with Gasteiger partial charge in [-0.15, -0.1) is 0 Å². The first-order valence-electron chi connectivity index (χ1n) is 25.2. The molecule has 0 aliphatic heterocycles. The largest absolute Gasteiger partial charge is 0.0623 e. The van der Waals surface area contributed by atoms with Gasteiger partial charge in [-0.1, -0.05) is 159 Å². The topological polar surface area (TPSA) is 0 Å². The molecule has 65 heavy (non-hydrogen) atoms. The summed E-state index contributed by atoms with van der Waals surface area (Å²) in [5, 5.41) is 10.2. The van der Waals surface area contributed by atoms with Gasteiger partial charge in [0.15, 0.2) is 0 Å². The molecule has 4 saturated carbocycles. The molecular formula is C65H50. The van der Waals surface area contributed by atoms with Crippen LogP contribution in [-0.4, -0.2) is 0 Å². The minimum atomic E-state index is -0.206. The molecule has 6 aliphatic rings. The molecule has 310 valence electrons. The van der Waals surface area contributed by atoms with Crippen molar-refractivity contribution < 1.29 is 2.74 Å². The smallest absolute Gasteiger partial charge is 0.0619 e. The molecule has 0 radical (unpaired) electrons. The molecule has 1 spiro atoms. The van der Waals surface area contributed by atoms with E-state index in [0.29, 0.717) is 23.9 Å². The highest BCUT2D eigenvalue weighted by atomic mass is 14.6. The summed E-state index contributed by atoms with van der Waals surface area (Å²) < 4.78 is 17.5. The van der Waals surface area contributed by atoms with Gasteiger partial charge in [0.1, 0.15) is 0 Å². The van der Waals surface area contributed by atoms with Crippen molar-refractivity contribution in [2.24, 2.45) is 23.7 Å². The summed E-state index contributed by atoms with van der Waals surface area (Å²) in [6.45, 7) is 4.85. The number of fused-ring (bicyclic) bond motifs is 10.